The van der Waals surface area contributed by atoms with E-state index in [1.807, 2.05) is 30.3 Å². The van der Waals surface area contributed by atoms with Gasteiger partial charge < -0.3 is 15.7 Å². The number of hydrogen-bond donors (Lipinski definition) is 3. The molecule has 32 heavy (non-hydrogen) atoms. The lowest BCUT2D eigenvalue weighted by Crippen LogP contribution is -2.22. The molecule has 0 saturated carbocycles. The molecule has 0 atom stereocenters. The van der Waals surface area contributed by atoms with Crippen LogP contribution in [0.3, 0.4) is 0 Å². The second-order valence-corrected chi connectivity index (χ2v) is 8.64. The Hall–Kier alpha value is -3.97. The second kappa shape index (κ2) is 8.28. The number of benzene rings is 3. The zero-order valence-corrected chi connectivity index (χ0v) is 17.8. The molecule has 5 rings (SSSR count). The molecule has 158 valence electrons. The summed E-state index contributed by atoms with van der Waals surface area (Å²) in [5.41, 5.74) is 4.65. The first-order chi connectivity index (χ1) is 15.6. The molecule has 2 amide bonds. The number of nitrogens with one attached hydrogen (secondary N) is 2. The largest absolute Gasteiger partial charge is 0.508 e. The van der Waals surface area contributed by atoms with Gasteiger partial charge in [0.15, 0.2) is 0 Å². The molecule has 0 saturated heterocycles. The molecular weight excluding hydrogens is 422 g/mol. The van der Waals surface area contributed by atoms with Crippen LogP contribution in [0.2, 0.25) is 0 Å². The molecule has 2 heterocycles. The van der Waals surface area contributed by atoms with Gasteiger partial charge in [0.05, 0.1) is 6.54 Å². The predicted molar refractivity (Wildman–Crippen MR) is 124 cm³/mol. The third-order valence-electron chi connectivity index (χ3n) is 5.35. The smallest absolute Gasteiger partial charge is 0.255 e. The van der Waals surface area contributed by atoms with Gasteiger partial charge >= 0.3 is 0 Å². The Labute approximate surface area is 188 Å². The molecule has 1 aromatic heterocycles. The maximum absolute atomic E-state index is 12.7. The van der Waals surface area contributed by atoms with Crippen molar-refractivity contribution in [1.82, 2.24) is 10.3 Å². The van der Waals surface area contributed by atoms with E-state index in [2.05, 4.69) is 15.6 Å². The van der Waals surface area contributed by atoms with Gasteiger partial charge in [-0.2, -0.15) is 0 Å². The molecule has 0 aliphatic carbocycles. The molecule has 7 heteroatoms. The quantitative estimate of drug-likeness (QED) is 0.432. The number of fused-ring (bicyclic) bond motifs is 2. The predicted octanol–water partition coefficient (Wildman–Crippen LogP) is 4.60. The van der Waals surface area contributed by atoms with Crippen molar-refractivity contribution in [3.05, 3.63) is 100 Å². The normalized spacial score (nSPS) is 12.3. The average Bonchev–Trinajstić information content (AvgIpc) is 3.23. The lowest BCUT2D eigenvalue weighted by atomic mass is 9.99. The summed E-state index contributed by atoms with van der Waals surface area (Å²) in [5.74, 6) is -0.176. The zero-order chi connectivity index (χ0) is 22.1. The van der Waals surface area contributed by atoms with E-state index in [1.165, 1.54) is 11.3 Å². The summed E-state index contributed by atoms with van der Waals surface area (Å²) in [6, 6.07) is 19.8. The van der Waals surface area contributed by atoms with E-state index in [0.717, 1.165) is 26.6 Å². The van der Waals surface area contributed by atoms with E-state index in [4.69, 9.17) is 0 Å². The molecule has 1 aliphatic heterocycles. The van der Waals surface area contributed by atoms with Crippen molar-refractivity contribution >= 4 is 28.8 Å². The van der Waals surface area contributed by atoms with Crippen LogP contribution in [0.1, 0.15) is 36.7 Å². The summed E-state index contributed by atoms with van der Waals surface area (Å²) in [6.45, 7) is 0.351. The minimum Gasteiger partial charge on any atom is -0.508 e. The van der Waals surface area contributed by atoms with Crippen LogP contribution in [0.4, 0.5) is 5.69 Å². The van der Waals surface area contributed by atoms with E-state index in [-0.39, 0.29) is 17.6 Å². The van der Waals surface area contributed by atoms with Crippen LogP contribution in [0.15, 0.2) is 72.9 Å². The van der Waals surface area contributed by atoms with Gasteiger partial charge in [-0.1, -0.05) is 24.3 Å². The van der Waals surface area contributed by atoms with Gasteiger partial charge in [-0.05, 0) is 53.6 Å². The SMILES string of the molecule is O=C(NCc1cnc(-c2ccc(O)cc2)s1)c1ccc2c(c1)NC(=O)c1ccccc1C2. The van der Waals surface area contributed by atoms with Crippen molar-refractivity contribution in [3.8, 4) is 16.3 Å². The number of aromatic nitrogens is 1. The van der Waals surface area contributed by atoms with E-state index in [0.29, 0.717) is 29.8 Å². The van der Waals surface area contributed by atoms with Crippen molar-refractivity contribution in [2.24, 2.45) is 0 Å². The number of carbonyl (C=O) groups is 2. The average molecular weight is 442 g/mol. The summed E-state index contributed by atoms with van der Waals surface area (Å²) in [5, 5.41) is 16.1. The number of aromatic hydroxyl groups is 1. The van der Waals surface area contributed by atoms with Gasteiger partial charge in [0.1, 0.15) is 10.8 Å². The van der Waals surface area contributed by atoms with Crippen LogP contribution in [-0.2, 0) is 13.0 Å². The first-order valence-electron chi connectivity index (χ1n) is 10.1. The first kappa shape index (κ1) is 20.0. The number of amides is 2. The van der Waals surface area contributed by atoms with Gasteiger partial charge in [0.2, 0.25) is 0 Å². The van der Waals surface area contributed by atoms with Crippen LogP contribution < -0.4 is 10.6 Å². The summed E-state index contributed by atoms with van der Waals surface area (Å²) < 4.78 is 0. The second-order valence-electron chi connectivity index (χ2n) is 7.52. The molecule has 0 fully saturated rings. The summed E-state index contributed by atoms with van der Waals surface area (Å²) in [6.07, 6.45) is 2.37. The van der Waals surface area contributed by atoms with Gasteiger partial charge in [0, 0.05) is 39.9 Å². The number of phenolic OH excluding ortho intramolecular Hbond substituents is 1. The Morgan fingerprint density at radius 1 is 1.06 bits per heavy atom. The fourth-order valence-electron chi connectivity index (χ4n) is 3.68. The number of anilines is 1. The molecule has 1 aliphatic rings. The van der Waals surface area contributed by atoms with E-state index < -0.39 is 0 Å². The molecule has 6 nitrogen and oxygen atoms in total. The molecule has 0 bridgehead atoms. The standard InChI is InChI=1S/C25H19N3O3S/c29-19-9-7-15(8-10-19)25-27-14-20(32-25)13-26-23(30)18-6-5-17-11-16-3-1-2-4-21(16)24(31)28-22(17)12-18/h1-10,12,14,29H,11,13H2,(H,26,30)(H,28,31). The Balaban J connectivity index is 1.28. The number of rotatable bonds is 4. The summed E-state index contributed by atoms with van der Waals surface area (Å²) >= 11 is 1.48. The third kappa shape index (κ3) is 3.98. The highest BCUT2D eigenvalue weighted by atomic mass is 32.1. The minimum atomic E-state index is -0.219. The van der Waals surface area contributed by atoms with Crippen molar-refractivity contribution in [2.45, 2.75) is 13.0 Å². The molecule has 0 radical (unpaired) electrons. The molecule has 0 spiro atoms. The van der Waals surface area contributed by atoms with E-state index in [9.17, 15) is 14.7 Å². The minimum absolute atomic E-state index is 0.164. The highest BCUT2D eigenvalue weighted by Gasteiger charge is 2.20. The van der Waals surface area contributed by atoms with Gasteiger partial charge in [-0.25, -0.2) is 4.98 Å². The topological polar surface area (TPSA) is 91.3 Å². The number of carbonyl (C=O) groups excluding carboxylic acids is 2. The summed E-state index contributed by atoms with van der Waals surface area (Å²) in [4.78, 5) is 30.6. The number of hydrogen-bond acceptors (Lipinski definition) is 5. The highest BCUT2D eigenvalue weighted by Crippen LogP contribution is 2.28. The molecular formula is C25H19N3O3S. The molecule has 3 aromatic carbocycles. The van der Waals surface area contributed by atoms with Gasteiger partial charge in [-0.3, -0.25) is 9.59 Å². The van der Waals surface area contributed by atoms with Crippen LogP contribution in [0.25, 0.3) is 10.6 Å². The first-order valence-corrected chi connectivity index (χ1v) is 10.9. The molecule has 4 aromatic rings. The monoisotopic (exact) mass is 441 g/mol. The Bertz CT molecular complexity index is 1330. The molecule has 0 unspecified atom stereocenters. The van der Waals surface area contributed by atoms with Gasteiger partial charge in [0.25, 0.3) is 11.8 Å². The van der Waals surface area contributed by atoms with Gasteiger partial charge in [-0.15, -0.1) is 11.3 Å². The highest BCUT2D eigenvalue weighted by molar-refractivity contribution is 7.15. The molecule has 3 N–H and O–H groups in total. The Kier molecular flexibility index (Phi) is 5.17. The maximum atomic E-state index is 12.7. The van der Waals surface area contributed by atoms with Crippen LogP contribution in [0.5, 0.6) is 5.75 Å². The fraction of sp³-hybridized carbons (Fsp3) is 0.0800. The van der Waals surface area contributed by atoms with Crippen molar-refractivity contribution in [1.29, 1.82) is 0 Å². The van der Waals surface area contributed by atoms with Crippen LogP contribution in [-0.4, -0.2) is 21.9 Å². The van der Waals surface area contributed by atoms with E-state index >= 15 is 0 Å². The van der Waals surface area contributed by atoms with Crippen molar-refractivity contribution in [2.75, 3.05) is 5.32 Å². The third-order valence-corrected chi connectivity index (χ3v) is 6.40. The maximum Gasteiger partial charge on any atom is 0.255 e. The Morgan fingerprint density at radius 3 is 2.72 bits per heavy atom. The zero-order valence-electron chi connectivity index (χ0n) is 17.0. The summed E-state index contributed by atoms with van der Waals surface area (Å²) in [7, 11) is 0. The number of nitrogens with zero attached hydrogens (tertiary/aromatic N) is 1. The lowest BCUT2D eigenvalue weighted by Gasteiger charge is -2.10. The lowest BCUT2D eigenvalue weighted by molar-refractivity contribution is 0.0950. The van der Waals surface area contributed by atoms with E-state index in [1.54, 1.807) is 42.6 Å². The number of phenols is 1. The number of thiazole rings is 1. The van der Waals surface area contributed by atoms with Crippen LogP contribution >= 0.6 is 11.3 Å². The van der Waals surface area contributed by atoms with Crippen molar-refractivity contribution < 1.29 is 14.7 Å². The van der Waals surface area contributed by atoms with Crippen LogP contribution in [0, 0.1) is 0 Å². The Morgan fingerprint density at radius 2 is 1.88 bits per heavy atom. The fourth-order valence-corrected chi connectivity index (χ4v) is 4.53. The van der Waals surface area contributed by atoms with Crippen molar-refractivity contribution in [3.63, 3.8) is 0 Å².